The average molecular weight is 341 g/mol. The van der Waals surface area contributed by atoms with Crippen molar-refractivity contribution in [2.45, 2.75) is 38.2 Å². The number of aliphatic hydroxyl groups is 1. The summed E-state index contributed by atoms with van der Waals surface area (Å²) < 4.78 is 32.1. The molecule has 1 saturated heterocycles. The maximum atomic E-state index is 12.8. The summed E-state index contributed by atoms with van der Waals surface area (Å²) in [4.78, 5) is 12.3. The molecule has 1 N–H and O–H groups in total. The van der Waals surface area contributed by atoms with Crippen molar-refractivity contribution in [3.63, 3.8) is 0 Å². The smallest absolute Gasteiger partial charge is 0.313 e. The van der Waals surface area contributed by atoms with Crippen LogP contribution in [0, 0.1) is 5.41 Å². The summed E-state index contributed by atoms with van der Waals surface area (Å²) in [5.41, 5.74) is -0.285. The van der Waals surface area contributed by atoms with Crippen LogP contribution >= 0.6 is 0 Å². The molecule has 1 aliphatic heterocycles. The fraction of sp³-hybridized carbons (Fsp3) is 0.562. The zero-order valence-electron chi connectivity index (χ0n) is 13.5. The number of aliphatic hydroxyl groups excluding tert-OH is 1. The molecule has 1 aromatic rings. The number of carbonyl (C=O) groups excluding carboxylic acids is 1. The van der Waals surface area contributed by atoms with E-state index in [9.17, 15) is 18.3 Å². The maximum absolute atomic E-state index is 12.8. The second-order valence-electron chi connectivity index (χ2n) is 6.03. The lowest BCUT2D eigenvalue weighted by atomic mass is 9.83. The first kappa shape index (κ1) is 17.9. The van der Waals surface area contributed by atoms with Crippen LogP contribution in [0.5, 0.6) is 0 Å². The first-order chi connectivity index (χ1) is 10.8. The van der Waals surface area contributed by atoms with Crippen LogP contribution in [0.3, 0.4) is 0 Å². The monoisotopic (exact) mass is 341 g/mol. The molecule has 1 aliphatic rings. The summed E-state index contributed by atoms with van der Waals surface area (Å²) in [5, 5.41) is 9.18. The summed E-state index contributed by atoms with van der Waals surface area (Å²) in [7, 11) is -3.70. The van der Waals surface area contributed by atoms with Gasteiger partial charge >= 0.3 is 5.97 Å². The molecule has 1 atom stereocenters. The van der Waals surface area contributed by atoms with Gasteiger partial charge in [0.25, 0.3) is 0 Å². The van der Waals surface area contributed by atoms with Crippen molar-refractivity contribution < 1.29 is 23.1 Å². The van der Waals surface area contributed by atoms with Crippen LogP contribution in [0.2, 0.25) is 0 Å². The molecule has 1 aromatic carbocycles. The number of piperidine rings is 1. The Bertz CT molecular complexity index is 673. The number of carbonyl (C=O) groups is 1. The highest BCUT2D eigenvalue weighted by atomic mass is 32.2. The number of hydrogen-bond donors (Lipinski definition) is 1. The maximum Gasteiger partial charge on any atom is 0.313 e. The third-order valence-corrected chi connectivity index (χ3v) is 5.99. The standard InChI is InChI=1S/C16H23NO5S/c1-3-22-15(19)16(2)8-5-9-17(12-16)23(20,21)14-7-4-6-13(10-14)11-18/h4,6-7,10,18H,3,5,8-9,11-12H2,1-2H3. The predicted molar refractivity (Wildman–Crippen MR) is 85.1 cm³/mol. The molecule has 7 heteroatoms. The van der Waals surface area contributed by atoms with E-state index in [2.05, 4.69) is 0 Å². The number of ether oxygens (including phenoxy) is 1. The summed E-state index contributed by atoms with van der Waals surface area (Å²) in [5.74, 6) is -0.357. The van der Waals surface area contributed by atoms with Gasteiger partial charge in [-0.15, -0.1) is 0 Å². The normalized spacial score (nSPS) is 22.7. The molecular formula is C16H23NO5S. The van der Waals surface area contributed by atoms with E-state index in [1.807, 2.05) is 0 Å². The quantitative estimate of drug-likeness (QED) is 0.821. The number of hydrogen-bond acceptors (Lipinski definition) is 5. The number of sulfonamides is 1. The molecule has 6 nitrogen and oxygen atoms in total. The molecular weight excluding hydrogens is 318 g/mol. The molecule has 0 radical (unpaired) electrons. The molecule has 0 amide bonds. The van der Waals surface area contributed by atoms with E-state index < -0.39 is 15.4 Å². The molecule has 1 heterocycles. The van der Waals surface area contributed by atoms with Crippen LogP contribution in [-0.2, 0) is 26.2 Å². The molecule has 23 heavy (non-hydrogen) atoms. The molecule has 0 bridgehead atoms. The van der Waals surface area contributed by atoms with Gasteiger partial charge in [-0.1, -0.05) is 12.1 Å². The van der Waals surface area contributed by atoms with Gasteiger partial charge in [0.05, 0.1) is 23.5 Å². The molecule has 128 valence electrons. The van der Waals surface area contributed by atoms with Gasteiger partial charge in [-0.3, -0.25) is 4.79 Å². The molecule has 0 aliphatic carbocycles. The topological polar surface area (TPSA) is 83.9 Å². The Labute approximate surface area is 137 Å². The van der Waals surface area contributed by atoms with Crippen molar-refractivity contribution >= 4 is 16.0 Å². The van der Waals surface area contributed by atoms with Crippen molar-refractivity contribution in [1.82, 2.24) is 4.31 Å². The van der Waals surface area contributed by atoms with Crippen LogP contribution in [0.4, 0.5) is 0 Å². The van der Waals surface area contributed by atoms with Gasteiger partial charge in [-0.05, 0) is 44.4 Å². The highest BCUT2D eigenvalue weighted by Crippen LogP contribution is 2.33. The van der Waals surface area contributed by atoms with Crippen molar-refractivity contribution in [3.05, 3.63) is 29.8 Å². The third-order valence-electron chi connectivity index (χ3n) is 4.15. The van der Waals surface area contributed by atoms with Gasteiger partial charge in [0.1, 0.15) is 0 Å². The molecule has 1 unspecified atom stereocenters. The minimum atomic E-state index is -3.70. The van der Waals surface area contributed by atoms with E-state index in [0.717, 1.165) is 0 Å². The minimum absolute atomic E-state index is 0.109. The van der Waals surface area contributed by atoms with E-state index in [-0.39, 0.29) is 30.6 Å². The number of rotatable bonds is 5. The van der Waals surface area contributed by atoms with Gasteiger partial charge in [0.2, 0.25) is 10.0 Å². The third kappa shape index (κ3) is 3.73. The fourth-order valence-corrected chi connectivity index (χ4v) is 4.50. The van der Waals surface area contributed by atoms with Crippen molar-refractivity contribution in [2.24, 2.45) is 5.41 Å². The first-order valence-corrected chi connectivity index (χ1v) is 9.14. The van der Waals surface area contributed by atoms with Crippen LogP contribution < -0.4 is 0 Å². The van der Waals surface area contributed by atoms with Crippen molar-refractivity contribution in [1.29, 1.82) is 0 Å². The second-order valence-corrected chi connectivity index (χ2v) is 7.97. The van der Waals surface area contributed by atoms with Crippen LogP contribution in [-0.4, -0.2) is 43.5 Å². The molecule has 0 saturated carbocycles. The lowest BCUT2D eigenvalue weighted by molar-refractivity contribution is -0.156. The van der Waals surface area contributed by atoms with Crippen LogP contribution in [0.25, 0.3) is 0 Å². The van der Waals surface area contributed by atoms with E-state index >= 15 is 0 Å². The predicted octanol–water partition coefficient (Wildman–Crippen LogP) is 1.53. The Morgan fingerprint density at radius 2 is 2.17 bits per heavy atom. The van der Waals surface area contributed by atoms with Gasteiger partial charge in [0.15, 0.2) is 0 Å². The van der Waals surface area contributed by atoms with Crippen LogP contribution in [0.15, 0.2) is 29.2 Å². The summed E-state index contributed by atoms with van der Waals surface area (Å²) in [6.07, 6.45) is 1.21. The lowest BCUT2D eigenvalue weighted by Gasteiger charge is -2.37. The second kappa shape index (κ2) is 6.98. The Hall–Kier alpha value is -1.44. The Balaban J connectivity index is 2.27. The lowest BCUT2D eigenvalue weighted by Crippen LogP contribution is -2.48. The van der Waals surface area contributed by atoms with Crippen molar-refractivity contribution in [2.75, 3.05) is 19.7 Å². The molecule has 1 fully saturated rings. The highest BCUT2D eigenvalue weighted by Gasteiger charge is 2.42. The van der Waals surface area contributed by atoms with Crippen molar-refractivity contribution in [3.8, 4) is 0 Å². The van der Waals surface area contributed by atoms with E-state index in [4.69, 9.17) is 4.74 Å². The minimum Gasteiger partial charge on any atom is -0.466 e. The van der Waals surface area contributed by atoms with E-state index in [0.29, 0.717) is 24.9 Å². The summed E-state index contributed by atoms with van der Waals surface area (Å²) in [6.45, 7) is 4.03. The van der Waals surface area contributed by atoms with E-state index in [1.165, 1.54) is 16.4 Å². The number of nitrogens with zero attached hydrogens (tertiary/aromatic N) is 1. The largest absolute Gasteiger partial charge is 0.466 e. The first-order valence-electron chi connectivity index (χ1n) is 7.70. The van der Waals surface area contributed by atoms with Gasteiger partial charge in [-0.25, -0.2) is 8.42 Å². The van der Waals surface area contributed by atoms with Gasteiger partial charge in [-0.2, -0.15) is 4.31 Å². The van der Waals surface area contributed by atoms with Crippen LogP contribution in [0.1, 0.15) is 32.3 Å². The zero-order chi connectivity index (χ0) is 17.1. The fourth-order valence-electron chi connectivity index (χ4n) is 2.82. The number of benzene rings is 1. The van der Waals surface area contributed by atoms with Gasteiger partial charge < -0.3 is 9.84 Å². The summed E-state index contributed by atoms with van der Waals surface area (Å²) >= 11 is 0. The summed E-state index contributed by atoms with van der Waals surface area (Å²) in [6, 6.07) is 6.24. The molecule has 0 aromatic heterocycles. The van der Waals surface area contributed by atoms with E-state index in [1.54, 1.807) is 26.0 Å². The Morgan fingerprint density at radius 1 is 1.43 bits per heavy atom. The zero-order valence-corrected chi connectivity index (χ0v) is 14.3. The Morgan fingerprint density at radius 3 is 2.83 bits per heavy atom. The van der Waals surface area contributed by atoms with Gasteiger partial charge in [0, 0.05) is 13.1 Å². The molecule has 0 spiro atoms. The SMILES string of the molecule is CCOC(=O)C1(C)CCCN(S(=O)(=O)c2cccc(CO)c2)C1. The average Bonchev–Trinajstić information content (AvgIpc) is 2.55. The molecule has 2 rings (SSSR count). The Kier molecular flexibility index (Phi) is 5.44. The highest BCUT2D eigenvalue weighted by molar-refractivity contribution is 7.89. The number of esters is 1.